The number of aromatic nitrogens is 1. The standard InChI is InChI=1S/C11H16FN/c1-10(2,3)11(4,12)9-7-5-6-8-13-9/h5-8H,1-4H3. The van der Waals surface area contributed by atoms with Crippen LogP contribution >= 0.6 is 0 Å². The van der Waals surface area contributed by atoms with Gasteiger partial charge in [-0.1, -0.05) is 26.8 Å². The summed E-state index contributed by atoms with van der Waals surface area (Å²) in [7, 11) is 0. The first kappa shape index (κ1) is 10.2. The molecule has 0 saturated heterocycles. The van der Waals surface area contributed by atoms with Crippen molar-refractivity contribution in [2.75, 3.05) is 0 Å². The Morgan fingerprint density at radius 3 is 2.15 bits per heavy atom. The van der Waals surface area contributed by atoms with Gasteiger partial charge < -0.3 is 0 Å². The Kier molecular flexibility index (Phi) is 2.42. The molecule has 1 unspecified atom stereocenters. The number of pyridine rings is 1. The molecule has 0 N–H and O–H groups in total. The zero-order valence-electron chi connectivity index (χ0n) is 8.63. The molecule has 0 saturated carbocycles. The molecule has 0 bridgehead atoms. The summed E-state index contributed by atoms with van der Waals surface area (Å²) < 4.78 is 14.3. The molecule has 0 aliphatic heterocycles. The van der Waals surface area contributed by atoms with Gasteiger partial charge in [-0.15, -0.1) is 0 Å². The van der Waals surface area contributed by atoms with Gasteiger partial charge in [-0.3, -0.25) is 4.98 Å². The third-order valence-electron chi connectivity index (χ3n) is 2.55. The predicted molar refractivity (Wildman–Crippen MR) is 52.2 cm³/mol. The Bertz CT molecular complexity index is 272. The van der Waals surface area contributed by atoms with Gasteiger partial charge in [-0.2, -0.15) is 0 Å². The molecule has 2 heteroatoms. The minimum absolute atomic E-state index is 0.429. The molecule has 0 fully saturated rings. The van der Waals surface area contributed by atoms with Gasteiger partial charge >= 0.3 is 0 Å². The number of hydrogen-bond donors (Lipinski definition) is 0. The topological polar surface area (TPSA) is 12.9 Å². The van der Waals surface area contributed by atoms with Crippen LogP contribution in [-0.4, -0.2) is 4.98 Å². The minimum Gasteiger partial charge on any atom is -0.258 e. The molecule has 1 nitrogen and oxygen atoms in total. The van der Waals surface area contributed by atoms with Crippen LogP contribution in [0.4, 0.5) is 4.39 Å². The van der Waals surface area contributed by atoms with Crippen molar-refractivity contribution in [3.8, 4) is 0 Å². The highest BCUT2D eigenvalue weighted by Gasteiger charge is 2.40. The van der Waals surface area contributed by atoms with Crippen LogP contribution in [0.15, 0.2) is 24.4 Å². The lowest BCUT2D eigenvalue weighted by Gasteiger charge is -2.33. The lowest BCUT2D eigenvalue weighted by molar-refractivity contribution is 0.0408. The van der Waals surface area contributed by atoms with E-state index >= 15 is 0 Å². The Balaban J connectivity index is 3.08. The van der Waals surface area contributed by atoms with Crippen molar-refractivity contribution in [3.05, 3.63) is 30.1 Å². The van der Waals surface area contributed by atoms with Crippen molar-refractivity contribution in [1.82, 2.24) is 4.98 Å². The first-order chi connectivity index (χ1) is 5.86. The average molecular weight is 181 g/mol. The number of rotatable bonds is 1. The van der Waals surface area contributed by atoms with E-state index in [4.69, 9.17) is 0 Å². The van der Waals surface area contributed by atoms with Crippen LogP contribution in [0.5, 0.6) is 0 Å². The van der Waals surface area contributed by atoms with E-state index in [2.05, 4.69) is 4.98 Å². The summed E-state index contributed by atoms with van der Waals surface area (Å²) in [5, 5.41) is 0. The van der Waals surface area contributed by atoms with E-state index in [0.717, 1.165) is 0 Å². The monoisotopic (exact) mass is 181 g/mol. The Labute approximate surface area is 79.0 Å². The highest BCUT2D eigenvalue weighted by Crippen LogP contribution is 2.41. The SMILES string of the molecule is CC(C)(C)C(C)(F)c1ccccn1. The van der Waals surface area contributed by atoms with Gasteiger partial charge in [0.05, 0.1) is 5.69 Å². The highest BCUT2D eigenvalue weighted by atomic mass is 19.1. The maximum absolute atomic E-state index is 14.3. The third kappa shape index (κ3) is 1.87. The molecule has 13 heavy (non-hydrogen) atoms. The van der Waals surface area contributed by atoms with Gasteiger partial charge in [0.15, 0.2) is 5.67 Å². The van der Waals surface area contributed by atoms with Crippen LogP contribution in [-0.2, 0) is 5.67 Å². The van der Waals surface area contributed by atoms with Crippen molar-refractivity contribution >= 4 is 0 Å². The fraction of sp³-hybridized carbons (Fsp3) is 0.545. The quantitative estimate of drug-likeness (QED) is 0.647. The predicted octanol–water partition coefficient (Wildman–Crippen LogP) is 3.31. The van der Waals surface area contributed by atoms with Gasteiger partial charge in [0.2, 0.25) is 0 Å². The fourth-order valence-corrected chi connectivity index (χ4v) is 1.02. The molecule has 0 aliphatic carbocycles. The molecule has 1 atom stereocenters. The van der Waals surface area contributed by atoms with Crippen LogP contribution in [0.3, 0.4) is 0 Å². The van der Waals surface area contributed by atoms with E-state index in [9.17, 15) is 4.39 Å². The molecule has 1 aromatic rings. The first-order valence-electron chi connectivity index (χ1n) is 4.46. The van der Waals surface area contributed by atoms with E-state index in [1.54, 1.807) is 25.3 Å². The molecular formula is C11H16FN. The van der Waals surface area contributed by atoms with Gasteiger partial charge in [-0.05, 0) is 19.1 Å². The smallest absolute Gasteiger partial charge is 0.154 e. The van der Waals surface area contributed by atoms with Crippen molar-refractivity contribution < 1.29 is 4.39 Å². The van der Waals surface area contributed by atoms with Gasteiger partial charge in [0, 0.05) is 11.6 Å². The minimum atomic E-state index is -1.38. The van der Waals surface area contributed by atoms with Gasteiger partial charge in [0.25, 0.3) is 0 Å². The zero-order valence-corrected chi connectivity index (χ0v) is 8.63. The molecule has 0 aliphatic rings. The van der Waals surface area contributed by atoms with Crippen LogP contribution in [0.2, 0.25) is 0 Å². The number of alkyl halides is 1. The summed E-state index contributed by atoms with van der Waals surface area (Å²) >= 11 is 0. The van der Waals surface area contributed by atoms with Crippen LogP contribution in [0, 0.1) is 5.41 Å². The van der Waals surface area contributed by atoms with Crippen molar-refractivity contribution in [1.29, 1.82) is 0 Å². The molecule has 72 valence electrons. The highest BCUT2D eigenvalue weighted by molar-refractivity contribution is 5.14. The Hall–Kier alpha value is -0.920. The number of hydrogen-bond acceptors (Lipinski definition) is 1. The molecule has 0 aromatic carbocycles. The summed E-state index contributed by atoms with van der Waals surface area (Å²) in [5.41, 5.74) is -1.31. The van der Waals surface area contributed by atoms with Crippen molar-refractivity contribution in [3.63, 3.8) is 0 Å². The van der Waals surface area contributed by atoms with E-state index in [1.165, 1.54) is 0 Å². The lowest BCUT2D eigenvalue weighted by atomic mass is 9.77. The number of nitrogens with zero attached hydrogens (tertiary/aromatic N) is 1. The second-order valence-electron chi connectivity index (χ2n) is 4.47. The molecule has 1 rings (SSSR count). The second kappa shape index (κ2) is 3.09. The van der Waals surface area contributed by atoms with E-state index in [-0.39, 0.29) is 0 Å². The second-order valence-corrected chi connectivity index (χ2v) is 4.47. The molecule has 0 amide bonds. The van der Waals surface area contributed by atoms with Crippen LogP contribution in [0.1, 0.15) is 33.4 Å². The van der Waals surface area contributed by atoms with Gasteiger partial charge in [0.1, 0.15) is 0 Å². The maximum atomic E-state index is 14.3. The van der Waals surface area contributed by atoms with Crippen molar-refractivity contribution in [2.45, 2.75) is 33.4 Å². The van der Waals surface area contributed by atoms with Crippen LogP contribution in [0.25, 0.3) is 0 Å². The normalized spacial score (nSPS) is 16.7. The fourth-order valence-electron chi connectivity index (χ4n) is 1.02. The summed E-state index contributed by atoms with van der Waals surface area (Å²) in [4.78, 5) is 4.04. The van der Waals surface area contributed by atoms with E-state index in [1.807, 2.05) is 26.8 Å². The molecule has 1 aromatic heterocycles. The average Bonchev–Trinajstić information content (AvgIpc) is 2.04. The van der Waals surface area contributed by atoms with Crippen molar-refractivity contribution in [2.24, 2.45) is 5.41 Å². The third-order valence-corrected chi connectivity index (χ3v) is 2.55. The lowest BCUT2D eigenvalue weighted by Crippen LogP contribution is -2.33. The molecule has 0 radical (unpaired) electrons. The van der Waals surface area contributed by atoms with E-state index < -0.39 is 11.1 Å². The summed E-state index contributed by atoms with van der Waals surface area (Å²) in [6.07, 6.45) is 1.62. The first-order valence-corrected chi connectivity index (χ1v) is 4.46. The Morgan fingerprint density at radius 1 is 1.15 bits per heavy atom. The van der Waals surface area contributed by atoms with Gasteiger partial charge in [-0.25, -0.2) is 4.39 Å². The zero-order chi connectivity index (χ0) is 10.1. The molecule has 1 heterocycles. The summed E-state index contributed by atoms with van der Waals surface area (Å²) in [6.45, 7) is 7.21. The maximum Gasteiger partial charge on any atom is 0.154 e. The van der Waals surface area contributed by atoms with Crippen LogP contribution < -0.4 is 0 Å². The molecular weight excluding hydrogens is 165 g/mol. The summed E-state index contributed by atoms with van der Waals surface area (Å²) in [6, 6.07) is 5.33. The van der Waals surface area contributed by atoms with E-state index in [0.29, 0.717) is 5.69 Å². The number of halogens is 1. The molecule has 0 spiro atoms. The largest absolute Gasteiger partial charge is 0.258 e. The Morgan fingerprint density at radius 2 is 1.77 bits per heavy atom. The summed E-state index contributed by atoms with van der Waals surface area (Å²) in [5.74, 6) is 0.